The Hall–Kier alpha value is -0.810. The molecule has 2 N–H and O–H groups in total. The van der Waals surface area contributed by atoms with Crippen molar-refractivity contribution in [3.63, 3.8) is 0 Å². The summed E-state index contributed by atoms with van der Waals surface area (Å²) in [6.07, 6.45) is -2.59. The van der Waals surface area contributed by atoms with Crippen LogP contribution >= 0.6 is 11.6 Å². The highest BCUT2D eigenvalue weighted by molar-refractivity contribution is 6.30. The molecule has 0 unspecified atom stereocenters. The number of benzene rings is 1. The van der Waals surface area contributed by atoms with Crippen molar-refractivity contribution < 1.29 is 17.6 Å². The Balaban J connectivity index is 3.14. The predicted molar refractivity (Wildman–Crippen MR) is 62.9 cm³/mol. The van der Waals surface area contributed by atoms with Crippen LogP contribution in [0.2, 0.25) is 5.02 Å². The van der Waals surface area contributed by atoms with E-state index in [2.05, 4.69) is 0 Å². The van der Waals surface area contributed by atoms with Crippen LogP contribution in [0.25, 0.3) is 0 Å². The van der Waals surface area contributed by atoms with Gasteiger partial charge in [0.15, 0.2) is 0 Å². The van der Waals surface area contributed by atoms with Gasteiger partial charge in [-0.15, -0.1) is 0 Å². The number of nitrogens with two attached hydrogens (primary N) is 1. The predicted octanol–water partition coefficient (Wildman–Crippen LogP) is 4.69. The van der Waals surface area contributed by atoms with E-state index < -0.39 is 28.6 Å². The number of alkyl halides is 3. The smallest absolute Gasteiger partial charge is 0.324 e. The molecule has 0 radical (unpaired) electrons. The van der Waals surface area contributed by atoms with Gasteiger partial charge in [0.05, 0.1) is 10.6 Å². The minimum atomic E-state index is -4.56. The van der Waals surface area contributed by atoms with E-state index in [4.69, 9.17) is 17.3 Å². The minimum Gasteiger partial charge on any atom is -0.324 e. The molecular weight excluding hydrogens is 270 g/mol. The SMILES string of the molecule is CCCC[C@H](N)c1cc(C(F)(F)F)cc(Cl)c1F. The quantitative estimate of drug-likeness (QED) is 0.797. The van der Waals surface area contributed by atoms with Crippen LogP contribution < -0.4 is 5.73 Å². The number of unbranched alkanes of at least 4 members (excludes halogenated alkanes) is 1. The molecule has 0 aromatic heterocycles. The summed E-state index contributed by atoms with van der Waals surface area (Å²) in [5.41, 5.74) is 4.54. The fraction of sp³-hybridized carbons (Fsp3) is 0.500. The second kappa shape index (κ2) is 5.89. The molecule has 18 heavy (non-hydrogen) atoms. The lowest BCUT2D eigenvalue weighted by atomic mass is 9.99. The lowest BCUT2D eigenvalue weighted by Gasteiger charge is -2.16. The van der Waals surface area contributed by atoms with Crippen LogP contribution in [0.15, 0.2) is 12.1 Å². The zero-order valence-corrected chi connectivity index (χ0v) is 10.6. The Morgan fingerprint density at radius 3 is 2.44 bits per heavy atom. The molecule has 0 heterocycles. The van der Waals surface area contributed by atoms with Crippen LogP contribution in [0, 0.1) is 5.82 Å². The van der Waals surface area contributed by atoms with Gasteiger partial charge in [-0.3, -0.25) is 0 Å². The molecule has 1 aromatic carbocycles. The summed E-state index contributed by atoms with van der Waals surface area (Å²) in [7, 11) is 0. The third-order valence-corrected chi connectivity index (χ3v) is 2.93. The molecule has 6 heteroatoms. The van der Waals surface area contributed by atoms with E-state index in [-0.39, 0.29) is 5.56 Å². The molecule has 0 aliphatic rings. The number of hydrogen-bond donors (Lipinski definition) is 1. The van der Waals surface area contributed by atoms with Crippen molar-refractivity contribution in [1.82, 2.24) is 0 Å². The molecule has 1 nitrogen and oxygen atoms in total. The number of hydrogen-bond acceptors (Lipinski definition) is 1. The molecular formula is C12H14ClF4N. The first-order valence-corrected chi connectivity index (χ1v) is 5.96. The summed E-state index contributed by atoms with van der Waals surface area (Å²) < 4.78 is 51.4. The van der Waals surface area contributed by atoms with Crippen LogP contribution in [0.3, 0.4) is 0 Å². The van der Waals surface area contributed by atoms with Crippen molar-refractivity contribution in [2.45, 2.75) is 38.4 Å². The van der Waals surface area contributed by atoms with Gasteiger partial charge in [-0.05, 0) is 18.6 Å². The van der Waals surface area contributed by atoms with E-state index in [1.165, 1.54) is 0 Å². The molecule has 0 saturated carbocycles. The maximum atomic E-state index is 13.7. The molecule has 102 valence electrons. The molecule has 0 bridgehead atoms. The van der Waals surface area contributed by atoms with Crippen molar-refractivity contribution in [3.05, 3.63) is 34.1 Å². The second-order valence-corrected chi connectivity index (χ2v) is 4.51. The molecule has 0 spiro atoms. The zero-order chi connectivity index (χ0) is 13.9. The van der Waals surface area contributed by atoms with Gasteiger partial charge < -0.3 is 5.73 Å². The highest BCUT2D eigenvalue weighted by atomic mass is 35.5. The molecule has 1 atom stereocenters. The number of halogens is 5. The van der Waals surface area contributed by atoms with Gasteiger partial charge in [-0.2, -0.15) is 13.2 Å². The number of rotatable bonds is 4. The highest BCUT2D eigenvalue weighted by Crippen LogP contribution is 2.35. The summed E-state index contributed by atoms with van der Waals surface area (Å²) in [6, 6.07) is 0.541. The van der Waals surface area contributed by atoms with Crippen molar-refractivity contribution >= 4 is 11.6 Å². The van der Waals surface area contributed by atoms with E-state index >= 15 is 0 Å². The standard InChI is InChI=1S/C12H14ClF4N/c1-2-3-4-10(18)8-5-7(12(15,16)17)6-9(13)11(8)14/h5-6,10H,2-4,18H2,1H3/t10-/m0/s1. The first-order chi connectivity index (χ1) is 8.27. The largest absolute Gasteiger partial charge is 0.416 e. The van der Waals surface area contributed by atoms with Gasteiger partial charge in [-0.1, -0.05) is 31.4 Å². The maximum Gasteiger partial charge on any atom is 0.416 e. The van der Waals surface area contributed by atoms with Gasteiger partial charge >= 0.3 is 6.18 Å². The highest BCUT2D eigenvalue weighted by Gasteiger charge is 2.32. The van der Waals surface area contributed by atoms with Crippen molar-refractivity contribution in [2.24, 2.45) is 5.73 Å². The molecule has 0 aliphatic heterocycles. The van der Waals surface area contributed by atoms with Crippen LogP contribution in [0.1, 0.15) is 43.4 Å². The fourth-order valence-corrected chi connectivity index (χ4v) is 1.85. The molecule has 1 rings (SSSR count). The molecule has 0 fully saturated rings. The van der Waals surface area contributed by atoms with Crippen LogP contribution in [0.4, 0.5) is 17.6 Å². The van der Waals surface area contributed by atoms with Crippen LogP contribution in [-0.2, 0) is 6.18 Å². The summed E-state index contributed by atoms with van der Waals surface area (Å²) in [4.78, 5) is 0. The van der Waals surface area contributed by atoms with Crippen LogP contribution in [0.5, 0.6) is 0 Å². The summed E-state index contributed by atoms with van der Waals surface area (Å²) in [5, 5.41) is -0.549. The second-order valence-electron chi connectivity index (χ2n) is 4.11. The first kappa shape index (κ1) is 15.2. The van der Waals surface area contributed by atoms with Crippen LogP contribution in [-0.4, -0.2) is 0 Å². The Morgan fingerprint density at radius 1 is 1.33 bits per heavy atom. The zero-order valence-electron chi connectivity index (χ0n) is 9.82. The summed E-state index contributed by atoms with van der Waals surface area (Å²) in [6.45, 7) is 1.92. The third-order valence-electron chi connectivity index (χ3n) is 2.65. The van der Waals surface area contributed by atoms with Gasteiger partial charge in [0.2, 0.25) is 0 Å². The van der Waals surface area contributed by atoms with Gasteiger partial charge in [0.1, 0.15) is 5.82 Å². The molecule has 0 aliphatic carbocycles. The molecule has 0 amide bonds. The molecule has 1 aromatic rings. The Kier molecular flexibility index (Phi) is 4.99. The van der Waals surface area contributed by atoms with Crippen molar-refractivity contribution in [3.8, 4) is 0 Å². The van der Waals surface area contributed by atoms with Gasteiger partial charge in [0, 0.05) is 11.6 Å². The van der Waals surface area contributed by atoms with Gasteiger partial charge in [-0.25, -0.2) is 4.39 Å². The lowest BCUT2D eigenvalue weighted by molar-refractivity contribution is -0.137. The average molecular weight is 284 g/mol. The van der Waals surface area contributed by atoms with E-state index in [9.17, 15) is 17.6 Å². The molecule has 0 saturated heterocycles. The third kappa shape index (κ3) is 3.59. The Morgan fingerprint density at radius 2 is 1.94 bits per heavy atom. The van der Waals surface area contributed by atoms with Crippen molar-refractivity contribution in [1.29, 1.82) is 0 Å². The van der Waals surface area contributed by atoms with E-state index in [1.54, 1.807) is 0 Å². The summed E-state index contributed by atoms with van der Waals surface area (Å²) in [5.74, 6) is -0.867. The fourth-order valence-electron chi connectivity index (χ4n) is 1.62. The van der Waals surface area contributed by atoms with Crippen molar-refractivity contribution in [2.75, 3.05) is 0 Å². The Bertz CT molecular complexity index is 417. The van der Waals surface area contributed by atoms with E-state index in [1.807, 2.05) is 6.92 Å². The Labute approximate surface area is 108 Å². The maximum absolute atomic E-state index is 13.7. The van der Waals surface area contributed by atoms with E-state index in [0.29, 0.717) is 18.9 Å². The first-order valence-electron chi connectivity index (χ1n) is 5.59. The summed E-state index contributed by atoms with van der Waals surface area (Å²) >= 11 is 5.47. The average Bonchev–Trinajstić information content (AvgIpc) is 2.27. The topological polar surface area (TPSA) is 26.0 Å². The lowest BCUT2D eigenvalue weighted by Crippen LogP contribution is -2.15. The normalized spacial score (nSPS) is 13.7. The minimum absolute atomic E-state index is 0.178. The van der Waals surface area contributed by atoms with Gasteiger partial charge in [0.25, 0.3) is 0 Å². The monoisotopic (exact) mass is 283 g/mol. The van der Waals surface area contributed by atoms with E-state index in [0.717, 1.165) is 12.5 Å².